The zero-order valence-electron chi connectivity index (χ0n) is 17.4. The maximum absolute atomic E-state index is 13.3. The molecule has 2 aliphatic rings. The summed E-state index contributed by atoms with van der Waals surface area (Å²) in [4.78, 5) is 18.0. The number of carbonyl (C=O) groups is 1. The molecular formula is C24H23ClN4OS. The smallest absolute Gasteiger partial charge is 0.227 e. The van der Waals surface area contributed by atoms with Gasteiger partial charge in [-0.3, -0.25) is 4.79 Å². The number of hydrogen-bond donors (Lipinski definition) is 1. The average Bonchev–Trinajstić information content (AvgIpc) is 3.14. The first-order chi connectivity index (χ1) is 14.9. The summed E-state index contributed by atoms with van der Waals surface area (Å²) in [7, 11) is 0. The van der Waals surface area contributed by atoms with Gasteiger partial charge in [0.1, 0.15) is 6.04 Å². The Balaban J connectivity index is 1.56. The molecule has 1 aliphatic heterocycles. The molecule has 1 N–H and O–H groups in total. The number of ketones is 1. The van der Waals surface area contributed by atoms with E-state index in [1.165, 1.54) is 5.56 Å². The fourth-order valence-corrected chi connectivity index (χ4v) is 5.38. The van der Waals surface area contributed by atoms with Gasteiger partial charge in [-0.1, -0.05) is 85.7 Å². The molecule has 3 aromatic rings. The van der Waals surface area contributed by atoms with Crippen molar-refractivity contribution in [3.63, 3.8) is 0 Å². The molecule has 5 nitrogen and oxygen atoms in total. The lowest BCUT2D eigenvalue weighted by atomic mass is 9.73. The Kier molecular flexibility index (Phi) is 5.15. The number of benzene rings is 2. The molecule has 1 aliphatic carbocycles. The van der Waals surface area contributed by atoms with Crippen molar-refractivity contribution in [2.24, 2.45) is 5.41 Å². The summed E-state index contributed by atoms with van der Waals surface area (Å²) >= 11 is 8.17. The van der Waals surface area contributed by atoms with Crippen molar-refractivity contribution in [2.45, 2.75) is 43.6 Å². The number of aromatic nitrogens is 3. The van der Waals surface area contributed by atoms with E-state index >= 15 is 0 Å². The van der Waals surface area contributed by atoms with Crippen LogP contribution in [0.15, 0.2) is 71.0 Å². The Labute approximate surface area is 190 Å². The highest BCUT2D eigenvalue weighted by Crippen LogP contribution is 2.46. The van der Waals surface area contributed by atoms with Crippen LogP contribution in [-0.2, 0) is 10.5 Å². The minimum Gasteiger partial charge on any atom is -0.328 e. The lowest BCUT2D eigenvalue weighted by Crippen LogP contribution is -2.36. The number of thioether (sulfide) groups is 1. The predicted molar refractivity (Wildman–Crippen MR) is 124 cm³/mol. The number of nitrogens with one attached hydrogen (secondary N) is 1. The maximum Gasteiger partial charge on any atom is 0.227 e. The molecule has 1 atom stereocenters. The Bertz CT molecular complexity index is 1190. The number of rotatable bonds is 4. The zero-order valence-corrected chi connectivity index (χ0v) is 19.0. The molecule has 0 saturated heterocycles. The van der Waals surface area contributed by atoms with Crippen LogP contribution in [0.25, 0.3) is 0 Å². The van der Waals surface area contributed by atoms with Gasteiger partial charge in [-0.15, -0.1) is 5.10 Å². The van der Waals surface area contributed by atoms with Gasteiger partial charge in [0, 0.05) is 34.0 Å². The number of Topliss-reactive ketones (excluding diaryl/α,β-unsaturated/α-hetero) is 1. The summed E-state index contributed by atoms with van der Waals surface area (Å²) in [5.74, 6) is 1.58. The molecule has 0 spiro atoms. The van der Waals surface area contributed by atoms with Gasteiger partial charge in [0.15, 0.2) is 5.78 Å². The zero-order chi connectivity index (χ0) is 21.6. The van der Waals surface area contributed by atoms with Crippen LogP contribution in [0.4, 0.5) is 5.95 Å². The standard InChI is InChI=1S/C24H23ClN4OS/c1-24(2)12-18-20(19(30)13-24)21(16-10-6-7-11-17(16)25)29-22(26-18)27-23(28-29)31-14-15-8-4-3-5-9-15/h3-11,21H,12-14H2,1-2H3,(H,26,27,28). The maximum atomic E-state index is 13.3. The fraction of sp³-hybridized carbons (Fsp3) is 0.292. The van der Waals surface area contributed by atoms with Crippen molar-refractivity contribution in [1.82, 2.24) is 14.8 Å². The van der Waals surface area contributed by atoms with E-state index in [4.69, 9.17) is 21.7 Å². The van der Waals surface area contributed by atoms with Crippen LogP contribution in [0.1, 0.15) is 43.9 Å². The van der Waals surface area contributed by atoms with E-state index in [1.54, 1.807) is 11.8 Å². The first kappa shape index (κ1) is 20.3. The normalized spacial score (nSPS) is 19.6. The molecule has 7 heteroatoms. The van der Waals surface area contributed by atoms with E-state index in [2.05, 4.69) is 31.3 Å². The van der Waals surface area contributed by atoms with Crippen LogP contribution in [0, 0.1) is 5.41 Å². The van der Waals surface area contributed by atoms with Gasteiger partial charge in [0.2, 0.25) is 11.1 Å². The summed E-state index contributed by atoms with van der Waals surface area (Å²) < 4.78 is 1.82. The molecule has 158 valence electrons. The topological polar surface area (TPSA) is 59.8 Å². The third-order valence-electron chi connectivity index (χ3n) is 5.72. The molecule has 2 heterocycles. The Hall–Kier alpha value is -2.57. The molecule has 0 amide bonds. The molecule has 5 rings (SSSR count). The lowest BCUT2D eigenvalue weighted by molar-refractivity contribution is -0.118. The molecule has 0 saturated carbocycles. The molecule has 31 heavy (non-hydrogen) atoms. The van der Waals surface area contributed by atoms with E-state index in [0.29, 0.717) is 22.5 Å². The minimum absolute atomic E-state index is 0.0962. The van der Waals surface area contributed by atoms with E-state index in [9.17, 15) is 4.79 Å². The number of allylic oxidation sites excluding steroid dienone is 2. The predicted octanol–water partition coefficient (Wildman–Crippen LogP) is 5.88. The van der Waals surface area contributed by atoms with Crippen LogP contribution in [-0.4, -0.2) is 20.5 Å². The molecule has 1 aromatic heterocycles. The molecular weight excluding hydrogens is 428 g/mol. The number of fused-ring (bicyclic) bond motifs is 1. The van der Waals surface area contributed by atoms with E-state index in [1.807, 2.05) is 47.1 Å². The first-order valence-corrected chi connectivity index (χ1v) is 11.7. The second kappa shape index (κ2) is 7.84. The van der Waals surface area contributed by atoms with Gasteiger partial charge in [-0.05, 0) is 23.5 Å². The second-order valence-corrected chi connectivity index (χ2v) is 10.2. The lowest BCUT2D eigenvalue weighted by Gasteiger charge is -2.38. The SMILES string of the molecule is CC1(C)CC(=O)C2=C(C1)Nc1nc(SCc3ccccc3)nn1C2c1ccccc1Cl. The van der Waals surface area contributed by atoms with Crippen molar-refractivity contribution in [1.29, 1.82) is 0 Å². The van der Waals surface area contributed by atoms with Crippen molar-refractivity contribution >= 4 is 35.1 Å². The van der Waals surface area contributed by atoms with Gasteiger partial charge in [0.25, 0.3) is 0 Å². The molecule has 0 bridgehead atoms. The first-order valence-electron chi connectivity index (χ1n) is 10.3. The quantitative estimate of drug-likeness (QED) is 0.503. The highest BCUT2D eigenvalue weighted by Gasteiger charge is 2.42. The van der Waals surface area contributed by atoms with Gasteiger partial charge in [0.05, 0.1) is 0 Å². The van der Waals surface area contributed by atoms with Gasteiger partial charge in [-0.2, -0.15) is 4.98 Å². The molecule has 1 unspecified atom stereocenters. The van der Waals surface area contributed by atoms with Gasteiger partial charge in [-0.25, -0.2) is 4.68 Å². The number of halogens is 1. The van der Waals surface area contributed by atoms with Crippen LogP contribution in [0.3, 0.4) is 0 Å². The number of carbonyl (C=O) groups excluding carboxylic acids is 1. The molecule has 0 fully saturated rings. The largest absolute Gasteiger partial charge is 0.328 e. The number of nitrogens with zero attached hydrogens (tertiary/aromatic N) is 3. The summed E-state index contributed by atoms with van der Waals surface area (Å²) in [6.07, 6.45) is 1.29. The summed E-state index contributed by atoms with van der Waals surface area (Å²) in [5, 5.41) is 9.50. The van der Waals surface area contributed by atoms with Crippen LogP contribution in [0.5, 0.6) is 0 Å². The van der Waals surface area contributed by atoms with E-state index in [0.717, 1.165) is 29.0 Å². The van der Waals surface area contributed by atoms with E-state index < -0.39 is 0 Å². The summed E-state index contributed by atoms with van der Waals surface area (Å²) in [6.45, 7) is 4.25. The van der Waals surface area contributed by atoms with Crippen molar-refractivity contribution in [3.05, 3.63) is 82.0 Å². The van der Waals surface area contributed by atoms with Gasteiger partial charge >= 0.3 is 0 Å². The molecule has 2 aromatic carbocycles. The second-order valence-electron chi connectivity index (χ2n) is 8.82. The number of anilines is 1. The third kappa shape index (κ3) is 3.90. The fourth-order valence-electron chi connectivity index (χ4n) is 4.36. The van der Waals surface area contributed by atoms with Gasteiger partial charge < -0.3 is 5.32 Å². The minimum atomic E-state index is -0.373. The van der Waals surface area contributed by atoms with Crippen LogP contribution in [0.2, 0.25) is 5.02 Å². The van der Waals surface area contributed by atoms with E-state index in [-0.39, 0.29) is 17.2 Å². The monoisotopic (exact) mass is 450 g/mol. The highest BCUT2D eigenvalue weighted by atomic mass is 35.5. The summed E-state index contributed by atoms with van der Waals surface area (Å²) in [5.41, 5.74) is 3.68. The Morgan fingerprint density at radius 2 is 1.87 bits per heavy atom. The van der Waals surface area contributed by atoms with Crippen molar-refractivity contribution in [2.75, 3.05) is 5.32 Å². The van der Waals surface area contributed by atoms with Crippen molar-refractivity contribution < 1.29 is 4.79 Å². The Morgan fingerprint density at radius 3 is 2.65 bits per heavy atom. The number of hydrogen-bond acceptors (Lipinski definition) is 5. The van der Waals surface area contributed by atoms with Crippen LogP contribution < -0.4 is 5.32 Å². The van der Waals surface area contributed by atoms with Crippen LogP contribution >= 0.6 is 23.4 Å². The average molecular weight is 451 g/mol. The summed E-state index contributed by atoms with van der Waals surface area (Å²) in [6, 6.07) is 17.6. The Morgan fingerprint density at radius 1 is 1.13 bits per heavy atom. The highest BCUT2D eigenvalue weighted by molar-refractivity contribution is 7.98. The third-order valence-corrected chi connectivity index (χ3v) is 6.98. The molecule has 0 radical (unpaired) electrons. The van der Waals surface area contributed by atoms with Crippen molar-refractivity contribution in [3.8, 4) is 0 Å².